The van der Waals surface area contributed by atoms with Gasteiger partial charge in [-0.15, -0.1) is 0 Å². The predicted molar refractivity (Wildman–Crippen MR) is 153 cm³/mol. The van der Waals surface area contributed by atoms with Crippen LogP contribution in [0, 0.1) is 0 Å². The van der Waals surface area contributed by atoms with Crippen LogP contribution in [0.4, 0.5) is 0 Å². The van der Waals surface area contributed by atoms with Gasteiger partial charge in [0.15, 0.2) is 11.6 Å². The molecule has 4 heteroatoms. The quantitative estimate of drug-likeness (QED) is 0.110. The number of hydrogen-bond acceptors (Lipinski definition) is 4. The lowest BCUT2D eigenvalue weighted by atomic mass is 10.0. The first-order valence-electron chi connectivity index (χ1n) is 13.5. The molecule has 0 saturated carbocycles. The molecule has 0 bridgehead atoms. The minimum atomic E-state index is -0.172. The Morgan fingerprint density at radius 2 is 1.03 bits per heavy atom. The molecule has 0 heterocycles. The molecule has 38 heavy (non-hydrogen) atoms. The molecule has 0 N–H and O–H groups in total. The van der Waals surface area contributed by atoms with Crippen LogP contribution < -0.4 is 0 Å². The van der Waals surface area contributed by atoms with Gasteiger partial charge in [0.05, 0.1) is 0 Å². The Kier molecular flexibility index (Phi) is 12.1. The lowest BCUT2D eigenvalue weighted by Crippen LogP contribution is -2.04. The largest absolute Gasteiger partial charge is 0.493 e. The lowest BCUT2D eigenvalue weighted by molar-refractivity contribution is 0.103. The van der Waals surface area contributed by atoms with E-state index in [1.54, 1.807) is 36.4 Å². The van der Waals surface area contributed by atoms with Crippen molar-refractivity contribution in [3.63, 3.8) is 0 Å². The van der Waals surface area contributed by atoms with Gasteiger partial charge in [0.2, 0.25) is 0 Å². The van der Waals surface area contributed by atoms with Crippen LogP contribution >= 0.6 is 0 Å². The number of unbranched alkanes of at least 4 members (excludes halogenated alkanes) is 2. The van der Waals surface area contributed by atoms with Crippen molar-refractivity contribution < 1.29 is 19.1 Å². The first-order valence-corrected chi connectivity index (χ1v) is 13.5. The smallest absolute Gasteiger partial charge is 0.189 e. The summed E-state index contributed by atoms with van der Waals surface area (Å²) in [6.45, 7) is 5.04. The van der Waals surface area contributed by atoms with Crippen LogP contribution in [0.1, 0.15) is 84.2 Å². The summed E-state index contributed by atoms with van der Waals surface area (Å²) in [5.74, 6) is 0.977. The second-order valence-corrected chi connectivity index (χ2v) is 9.29. The van der Waals surface area contributed by atoms with E-state index in [0.29, 0.717) is 48.7 Å². The van der Waals surface area contributed by atoms with Crippen molar-refractivity contribution in [3.8, 4) is 0 Å². The van der Waals surface area contributed by atoms with Gasteiger partial charge in [0.25, 0.3) is 0 Å². The molecule has 0 saturated heterocycles. The molecule has 0 aliphatic heterocycles. The summed E-state index contributed by atoms with van der Waals surface area (Å²) >= 11 is 0. The monoisotopic (exact) mass is 510 g/mol. The molecule has 0 fully saturated rings. The molecule has 0 radical (unpaired) electrons. The number of carbonyl (C=O) groups excluding carboxylic acids is 2. The Hall–Kier alpha value is -3.92. The van der Waals surface area contributed by atoms with E-state index < -0.39 is 0 Å². The molecule has 198 valence electrons. The maximum absolute atomic E-state index is 13.1. The van der Waals surface area contributed by atoms with Crippen LogP contribution in [-0.4, -0.2) is 11.6 Å². The average Bonchev–Trinajstić information content (AvgIpc) is 2.96. The molecule has 0 aromatic heterocycles. The van der Waals surface area contributed by atoms with Crippen LogP contribution in [-0.2, 0) is 22.7 Å². The highest BCUT2D eigenvalue weighted by atomic mass is 16.5. The van der Waals surface area contributed by atoms with E-state index in [0.717, 1.165) is 36.8 Å². The van der Waals surface area contributed by atoms with Crippen LogP contribution in [0.3, 0.4) is 0 Å². The van der Waals surface area contributed by atoms with E-state index >= 15 is 0 Å². The Morgan fingerprint density at radius 1 is 0.605 bits per heavy atom. The molecular weight excluding hydrogens is 472 g/mol. The van der Waals surface area contributed by atoms with Gasteiger partial charge in [-0.1, -0.05) is 106 Å². The molecule has 0 spiro atoms. The third-order valence-corrected chi connectivity index (χ3v) is 6.10. The zero-order chi connectivity index (χ0) is 27.0. The Bertz CT molecular complexity index is 1120. The third-order valence-electron chi connectivity index (χ3n) is 6.10. The zero-order valence-electron chi connectivity index (χ0n) is 22.5. The fourth-order valence-electron chi connectivity index (χ4n) is 3.86. The summed E-state index contributed by atoms with van der Waals surface area (Å²) in [6, 6.07) is 26.7. The topological polar surface area (TPSA) is 52.6 Å². The Morgan fingerprint density at radius 3 is 1.42 bits per heavy atom. The summed E-state index contributed by atoms with van der Waals surface area (Å²) in [5, 5.41) is 0. The van der Waals surface area contributed by atoms with Gasteiger partial charge in [-0.2, -0.15) is 0 Å². The first-order chi connectivity index (χ1) is 18.6. The highest BCUT2D eigenvalue weighted by Gasteiger charge is 2.12. The second-order valence-electron chi connectivity index (χ2n) is 9.29. The molecular formula is C34H38O4. The standard InChI is InChI=1S/C34H38O4/c1-3-5-20-31(37-25-27-14-9-7-10-15-27)23-33(35)29-18-13-19-30(22-29)34(36)24-32(21-6-4-2)38-26-28-16-11-8-12-17-28/h7-19,22-24H,3-6,20-21,25-26H2,1-2H3/b31-23+,32-24+. The average molecular weight is 511 g/mol. The van der Waals surface area contributed by atoms with Crippen LogP contribution in [0.2, 0.25) is 0 Å². The van der Waals surface area contributed by atoms with E-state index in [1.807, 2.05) is 60.7 Å². The van der Waals surface area contributed by atoms with Gasteiger partial charge in [0.1, 0.15) is 24.7 Å². The molecule has 3 rings (SSSR count). The van der Waals surface area contributed by atoms with Gasteiger partial charge >= 0.3 is 0 Å². The number of carbonyl (C=O) groups is 2. The van der Waals surface area contributed by atoms with Crippen molar-refractivity contribution in [2.45, 2.75) is 65.6 Å². The highest BCUT2D eigenvalue weighted by Crippen LogP contribution is 2.18. The number of rotatable bonds is 16. The lowest BCUT2D eigenvalue weighted by Gasteiger charge is -2.11. The molecule has 0 aliphatic rings. The molecule has 3 aromatic rings. The Labute approximate surface area is 227 Å². The predicted octanol–water partition coefficient (Wildman–Crippen LogP) is 8.63. The van der Waals surface area contributed by atoms with Crippen LogP contribution in [0.5, 0.6) is 0 Å². The van der Waals surface area contributed by atoms with Crippen molar-refractivity contribution in [2.75, 3.05) is 0 Å². The number of ketones is 2. The molecule has 3 aromatic carbocycles. The fraction of sp³-hybridized carbons (Fsp3) is 0.294. The van der Waals surface area contributed by atoms with Gasteiger partial charge in [-0.3, -0.25) is 9.59 Å². The number of benzene rings is 3. The van der Waals surface area contributed by atoms with Crippen molar-refractivity contribution in [1.29, 1.82) is 0 Å². The number of ether oxygens (including phenoxy) is 2. The van der Waals surface area contributed by atoms with E-state index in [1.165, 1.54) is 0 Å². The van der Waals surface area contributed by atoms with Crippen molar-refractivity contribution in [2.24, 2.45) is 0 Å². The minimum absolute atomic E-state index is 0.172. The highest BCUT2D eigenvalue weighted by molar-refractivity contribution is 6.09. The molecule has 0 atom stereocenters. The summed E-state index contributed by atoms with van der Waals surface area (Å²) in [7, 11) is 0. The molecule has 0 aliphatic carbocycles. The maximum Gasteiger partial charge on any atom is 0.189 e. The normalized spacial score (nSPS) is 11.7. The summed E-state index contributed by atoms with van der Waals surface area (Å²) in [5.41, 5.74) is 3.02. The molecule has 0 unspecified atom stereocenters. The van der Waals surface area contributed by atoms with E-state index in [4.69, 9.17) is 9.47 Å². The third kappa shape index (κ3) is 9.85. The van der Waals surface area contributed by atoms with Crippen molar-refractivity contribution in [1.82, 2.24) is 0 Å². The molecule has 0 amide bonds. The van der Waals surface area contributed by atoms with Gasteiger partial charge in [0, 0.05) is 36.1 Å². The van der Waals surface area contributed by atoms with Crippen molar-refractivity contribution in [3.05, 3.63) is 131 Å². The minimum Gasteiger partial charge on any atom is -0.493 e. The summed E-state index contributed by atoms with van der Waals surface area (Å²) in [4.78, 5) is 26.2. The van der Waals surface area contributed by atoms with Gasteiger partial charge in [-0.25, -0.2) is 0 Å². The van der Waals surface area contributed by atoms with Crippen LogP contribution in [0.25, 0.3) is 0 Å². The van der Waals surface area contributed by atoms with Gasteiger partial charge in [-0.05, 0) is 30.0 Å². The van der Waals surface area contributed by atoms with E-state index in [2.05, 4.69) is 13.8 Å². The zero-order valence-corrected chi connectivity index (χ0v) is 22.5. The number of hydrogen-bond donors (Lipinski definition) is 0. The molecule has 4 nitrogen and oxygen atoms in total. The van der Waals surface area contributed by atoms with Crippen LogP contribution in [0.15, 0.2) is 109 Å². The maximum atomic E-state index is 13.1. The summed E-state index contributed by atoms with van der Waals surface area (Å²) in [6.07, 6.45) is 8.38. The van der Waals surface area contributed by atoms with E-state index in [9.17, 15) is 9.59 Å². The Balaban J connectivity index is 1.73. The van der Waals surface area contributed by atoms with Crippen molar-refractivity contribution >= 4 is 11.6 Å². The first kappa shape index (κ1) is 28.6. The fourth-order valence-corrected chi connectivity index (χ4v) is 3.86. The summed E-state index contributed by atoms with van der Waals surface area (Å²) < 4.78 is 12.0. The SMILES string of the molecule is CCCC/C(=C\C(=O)c1cccc(C(=O)/C=C(\CCCC)OCc2ccccc2)c1)OCc1ccccc1. The second kappa shape index (κ2) is 16.0. The number of allylic oxidation sites excluding steroid dienone is 4. The van der Waals surface area contributed by atoms with E-state index in [-0.39, 0.29) is 11.6 Å². The van der Waals surface area contributed by atoms with Gasteiger partial charge < -0.3 is 9.47 Å².